The second-order valence-electron chi connectivity index (χ2n) is 5.43. The standard InChI is InChI=1S/2C8H5FN2O2/c9-8-2-6(11(12)13)1-5-3-10-4-7(5)8;9-8-7-3-6(11(12)13)2-1-5(7)4-10-8/h2*1-3H,4H2. The molecule has 8 nitrogen and oxygen atoms in total. The van der Waals surface area contributed by atoms with E-state index in [0.717, 1.165) is 6.07 Å². The quantitative estimate of drug-likeness (QED) is 0.603. The van der Waals surface area contributed by atoms with Crippen molar-refractivity contribution in [3.8, 4) is 0 Å². The van der Waals surface area contributed by atoms with E-state index in [0.29, 0.717) is 16.7 Å². The molecule has 0 saturated heterocycles. The third-order valence-electron chi connectivity index (χ3n) is 3.82. The van der Waals surface area contributed by atoms with E-state index < -0.39 is 21.6 Å². The lowest BCUT2D eigenvalue weighted by molar-refractivity contribution is -0.385. The van der Waals surface area contributed by atoms with E-state index in [9.17, 15) is 29.0 Å². The van der Waals surface area contributed by atoms with Crippen molar-refractivity contribution in [2.75, 3.05) is 0 Å². The Morgan fingerprint density at radius 2 is 1.69 bits per heavy atom. The zero-order valence-corrected chi connectivity index (χ0v) is 13.1. The molecule has 0 saturated carbocycles. The number of benzene rings is 2. The Morgan fingerprint density at radius 3 is 2.38 bits per heavy atom. The number of aliphatic imine (C=N–C) groups is 2. The molecule has 0 bridgehead atoms. The number of hydrogen-bond donors (Lipinski definition) is 0. The number of non-ortho nitro benzene ring substituents is 2. The largest absolute Gasteiger partial charge is 0.288 e. The Balaban J connectivity index is 0.000000151. The lowest BCUT2D eigenvalue weighted by atomic mass is 10.1. The van der Waals surface area contributed by atoms with Crippen molar-refractivity contribution < 1.29 is 18.6 Å². The number of halogens is 2. The predicted octanol–water partition coefficient (Wildman–Crippen LogP) is 3.49. The second-order valence-corrected chi connectivity index (χ2v) is 5.43. The highest BCUT2D eigenvalue weighted by atomic mass is 19.1. The van der Waals surface area contributed by atoms with E-state index in [1.54, 1.807) is 0 Å². The Morgan fingerprint density at radius 1 is 0.962 bits per heavy atom. The van der Waals surface area contributed by atoms with Crippen molar-refractivity contribution in [2.45, 2.75) is 13.1 Å². The summed E-state index contributed by atoms with van der Waals surface area (Å²) in [5, 5.41) is 20.7. The van der Waals surface area contributed by atoms with Crippen LogP contribution in [0.15, 0.2) is 40.3 Å². The maximum Gasteiger partial charge on any atom is 0.273 e. The molecule has 0 aliphatic carbocycles. The molecule has 2 aromatic rings. The molecule has 0 fully saturated rings. The van der Waals surface area contributed by atoms with Crippen molar-refractivity contribution in [1.82, 2.24) is 0 Å². The van der Waals surface area contributed by atoms with Crippen molar-refractivity contribution in [3.63, 3.8) is 0 Å². The fourth-order valence-electron chi connectivity index (χ4n) is 2.51. The van der Waals surface area contributed by atoms with Gasteiger partial charge in [-0.05, 0) is 11.6 Å². The van der Waals surface area contributed by atoms with Crippen LogP contribution in [0.4, 0.5) is 20.2 Å². The van der Waals surface area contributed by atoms with Gasteiger partial charge in [0.2, 0.25) is 5.97 Å². The third kappa shape index (κ3) is 3.29. The molecule has 26 heavy (non-hydrogen) atoms. The first-order valence-electron chi connectivity index (χ1n) is 7.31. The average Bonchev–Trinajstić information content (AvgIpc) is 3.22. The van der Waals surface area contributed by atoms with Crippen molar-refractivity contribution in [1.29, 1.82) is 0 Å². The van der Waals surface area contributed by atoms with Gasteiger partial charge in [0.25, 0.3) is 11.4 Å². The van der Waals surface area contributed by atoms with Crippen molar-refractivity contribution in [2.24, 2.45) is 9.98 Å². The van der Waals surface area contributed by atoms with Gasteiger partial charge in [-0.15, -0.1) is 0 Å². The van der Waals surface area contributed by atoms with Crippen LogP contribution in [0.1, 0.15) is 22.3 Å². The molecule has 2 aliphatic rings. The summed E-state index contributed by atoms with van der Waals surface area (Å²) < 4.78 is 26.0. The summed E-state index contributed by atoms with van der Waals surface area (Å²) in [6.07, 6.45) is 1.45. The van der Waals surface area contributed by atoms with Gasteiger partial charge in [0, 0.05) is 41.1 Å². The van der Waals surface area contributed by atoms with E-state index in [4.69, 9.17) is 0 Å². The van der Waals surface area contributed by atoms with Gasteiger partial charge in [0.05, 0.1) is 29.0 Å². The van der Waals surface area contributed by atoms with Gasteiger partial charge in [-0.3, -0.25) is 30.2 Å². The minimum atomic E-state index is -0.616. The average molecular weight is 360 g/mol. The van der Waals surface area contributed by atoms with Crippen LogP contribution in [0.3, 0.4) is 0 Å². The first-order chi connectivity index (χ1) is 12.4. The fraction of sp³-hybridized carbons (Fsp3) is 0.125. The number of nitrogens with zero attached hydrogens (tertiary/aromatic N) is 4. The molecule has 0 atom stereocenters. The summed E-state index contributed by atoms with van der Waals surface area (Å²) >= 11 is 0. The number of hydrogen-bond acceptors (Lipinski definition) is 6. The van der Waals surface area contributed by atoms with Gasteiger partial charge in [-0.25, -0.2) is 4.39 Å². The monoisotopic (exact) mass is 360 g/mol. The maximum absolute atomic E-state index is 13.1. The van der Waals surface area contributed by atoms with Crippen LogP contribution in [0.25, 0.3) is 0 Å². The number of rotatable bonds is 2. The van der Waals surface area contributed by atoms with Crippen LogP contribution in [0.5, 0.6) is 0 Å². The Hall–Kier alpha value is -3.56. The lowest BCUT2D eigenvalue weighted by Crippen LogP contribution is -1.95. The van der Waals surface area contributed by atoms with Crippen LogP contribution >= 0.6 is 0 Å². The second kappa shape index (κ2) is 6.75. The van der Waals surface area contributed by atoms with E-state index in [-0.39, 0.29) is 30.0 Å². The summed E-state index contributed by atoms with van der Waals surface area (Å²) in [7, 11) is 0. The Labute approximate surface area is 144 Å². The summed E-state index contributed by atoms with van der Waals surface area (Å²) in [4.78, 5) is 26.9. The minimum absolute atomic E-state index is 0.106. The fourth-order valence-corrected chi connectivity index (χ4v) is 2.51. The van der Waals surface area contributed by atoms with Gasteiger partial charge in [-0.1, -0.05) is 0 Å². The van der Waals surface area contributed by atoms with Gasteiger partial charge in [0.15, 0.2) is 0 Å². The SMILES string of the molecule is O=[N+]([O-])c1cc(F)c2c(c1)C=NC2.O=[N+]([O-])c1ccc2c(c1)C(F)=NC2. The predicted molar refractivity (Wildman–Crippen MR) is 88.8 cm³/mol. The molecule has 2 aromatic carbocycles. The smallest absolute Gasteiger partial charge is 0.273 e. The van der Waals surface area contributed by atoms with Crippen LogP contribution < -0.4 is 0 Å². The molecule has 132 valence electrons. The molecular formula is C16H10F2N4O4. The minimum Gasteiger partial charge on any atom is -0.288 e. The van der Waals surface area contributed by atoms with Crippen LogP contribution in [-0.2, 0) is 13.1 Å². The van der Waals surface area contributed by atoms with Crippen LogP contribution in [0, 0.1) is 26.0 Å². The summed E-state index contributed by atoms with van der Waals surface area (Å²) in [5.74, 6) is -1.17. The zero-order chi connectivity index (χ0) is 18.8. The molecule has 0 unspecified atom stereocenters. The molecule has 0 amide bonds. The molecule has 0 N–H and O–H groups in total. The van der Waals surface area contributed by atoms with Crippen molar-refractivity contribution >= 4 is 23.6 Å². The van der Waals surface area contributed by atoms with Gasteiger partial charge in [-0.2, -0.15) is 4.39 Å². The molecule has 10 heteroatoms. The zero-order valence-electron chi connectivity index (χ0n) is 13.1. The maximum atomic E-state index is 13.1. The molecule has 2 aliphatic heterocycles. The van der Waals surface area contributed by atoms with E-state index in [2.05, 4.69) is 9.98 Å². The van der Waals surface area contributed by atoms with Crippen LogP contribution in [-0.4, -0.2) is 22.0 Å². The number of fused-ring (bicyclic) bond motifs is 2. The highest BCUT2D eigenvalue weighted by molar-refractivity contribution is 5.97. The molecule has 0 spiro atoms. The highest BCUT2D eigenvalue weighted by Gasteiger charge is 2.19. The van der Waals surface area contributed by atoms with Crippen molar-refractivity contribution in [3.05, 3.63) is 78.6 Å². The molecule has 2 heterocycles. The van der Waals surface area contributed by atoms with Crippen LogP contribution in [0.2, 0.25) is 0 Å². The van der Waals surface area contributed by atoms with E-state index in [1.807, 2.05) is 0 Å². The van der Waals surface area contributed by atoms with Gasteiger partial charge in [0.1, 0.15) is 5.82 Å². The number of nitro benzene ring substituents is 2. The molecule has 4 rings (SSSR count). The lowest BCUT2D eigenvalue weighted by Gasteiger charge is -1.98. The Kier molecular flexibility index (Phi) is 4.48. The highest BCUT2D eigenvalue weighted by Crippen LogP contribution is 2.25. The molecule has 0 radical (unpaired) electrons. The van der Waals surface area contributed by atoms with E-state index in [1.165, 1.54) is 30.5 Å². The van der Waals surface area contributed by atoms with Gasteiger partial charge < -0.3 is 0 Å². The third-order valence-corrected chi connectivity index (χ3v) is 3.82. The Bertz CT molecular complexity index is 988. The number of nitro groups is 2. The van der Waals surface area contributed by atoms with Gasteiger partial charge >= 0.3 is 0 Å². The summed E-state index contributed by atoms with van der Waals surface area (Å²) in [5.41, 5.74) is 1.55. The topological polar surface area (TPSA) is 111 Å². The molecule has 0 aromatic heterocycles. The van der Waals surface area contributed by atoms with E-state index >= 15 is 0 Å². The first-order valence-corrected chi connectivity index (χ1v) is 7.31. The summed E-state index contributed by atoms with van der Waals surface area (Å²) in [6, 6.07) is 6.35. The summed E-state index contributed by atoms with van der Waals surface area (Å²) in [6.45, 7) is 0.554. The normalized spacial score (nSPS) is 13.4. The molecular weight excluding hydrogens is 350 g/mol. The first kappa shape index (κ1) is 17.3.